The van der Waals surface area contributed by atoms with Gasteiger partial charge in [0.25, 0.3) is 0 Å². The van der Waals surface area contributed by atoms with Gasteiger partial charge in [-0.2, -0.15) is 5.10 Å². The molecule has 0 radical (unpaired) electrons. The predicted octanol–water partition coefficient (Wildman–Crippen LogP) is 4.13. The summed E-state index contributed by atoms with van der Waals surface area (Å²) in [7, 11) is 0. The molecule has 2 aromatic rings. The second-order valence-corrected chi connectivity index (χ2v) is 6.54. The van der Waals surface area contributed by atoms with Crippen molar-refractivity contribution >= 4 is 23.9 Å². The third kappa shape index (κ3) is 4.05. The number of hydrogen-bond acceptors (Lipinski definition) is 3. The minimum absolute atomic E-state index is 0.0165. The van der Waals surface area contributed by atoms with Crippen LogP contribution in [0.1, 0.15) is 24.5 Å². The summed E-state index contributed by atoms with van der Waals surface area (Å²) in [6.07, 6.45) is 2.39. The standard InChI is InChI=1S/C21H21F2N3O/c1-14(13-25-24-2)15-6-8-17(9-7-15)26-11-10-16(21(26)27)12-18-19(22)4-3-5-20(18)23/h3-9,13,16,25H,2,10-12H2,1H3/b14-13+. The molecular formula is C21H21F2N3O. The number of rotatable bonds is 6. The molecule has 0 bridgehead atoms. The molecule has 1 atom stereocenters. The van der Waals surface area contributed by atoms with E-state index in [1.54, 1.807) is 11.1 Å². The summed E-state index contributed by atoms with van der Waals surface area (Å²) in [5.41, 5.74) is 5.42. The normalized spacial score (nSPS) is 17.3. The van der Waals surface area contributed by atoms with Crippen molar-refractivity contribution < 1.29 is 13.6 Å². The van der Waals surface area contributed by atoms with Gasteiger partial charge in [-0.3, -0.25) is 10.2 Å². The van der Waals surface area contributed by atoms with Gasteiger partial charge in [0.2, 0.25) is 5.91 Å². The SMILES string of the molecule is C=NN/C=C(\C)c1ccc(N2CCC(Cc3c(F)cccc3F)C2=O)cc1. The molecule has 0 saturated carbocycles. The number of carbonyl (C=O) groups excluding carboxylic acids is 1. The molecule has 1 N–H and O–H groups in total. The smallest absolute Gasteiger partial charge is 0.230 e. The monoisotopic (exact) mass is 369 g/mol. The van der Waals surface area contributed by atoms with Gasteiger partial charge in [-0.1, -0.05) is 18.2 Å². The summed E-state index contributed by atoms with van der Waals surface area (Å²) < 4.78 is 27.7. The zero-order valence-corrected chi connectivity index (χ0v) is 15.1. The fourth-order valence-corrected chi connectivity index (χ4v) is 3.29. The van der Waals surface area contributed by atoms with Gasteiger partial charge in [0.05, 0.1) is 0 Å². The van der Waals surface area contributed by atoms with Gasteiger partial charge in [0.1, 0.15) is 11.6 Å². The Kier molecular flexibility index (Phi) is 5.64. The lowest BCUT2D eigenvalue weighted by molar-refractivity contribution is -0.120. The minimum Gasteiger partial charge on any atom is -0.312 e. The molecule has 0 aromatic heterocycles. The van der Waals surface area contributed by atoms with Crippen LogP contribution in [0.25, 0.3) is 5.57 Å². The maximum Gasteiger partial charge on any atom is 0.230 e. The van der Waals surface area contributed by atoms with Crippen molar-refractivity contribution in [2.24, 2.45) is 11.0 Å². The van der Waals surface area contributed by atoms with Gasteiger partial charge in [0.15, 0.2) is 0 Å². The average Bonchev–Trinajstić information content (AvgIpc) is 3.03. The Balaban J connectivity index is 1.72. The molecule has 1 aliphatic heterocycles. The summed E-state index contributed by atoms with van der Waals surface area (Å²) in [6.45, 7) is 5.83. The summed E-state index contributed by atoms with van der Waals surface area (Å²) >= 11 is 0. The van der Waals surface area contributed by atoms with Gasteiger partial charge in [-0.05, 0) is 55.2 Å². The van der Waals surface area contributed by atoms with Gasteiger partial charge in [-0.25, -0.2) is 8.78 Å². The predicted molar refractivity (Wildman–Crippen MR) is 103 cm³/mol. The third-order valence-corrected chi connectivity index (χ3v) is 4.84. The van der Waals surface area contributed by atoms with Gasteiger partial charge >= 0.3 is 0 Å². The van der Waals surface area contributed by atoms with Crippen LogP contribution < -0.4 is 10.3 Å². The van der Waals surface area contributed by atoms with Crippen LogP contribution in [-0.2, 0) is 11.2 Å². The zero-order valence-electron chi connectivity index (χ0n) is 15.1. The van der Waals surface area contributed by atoms with Crippen molar-refractivity contribution in [2.75, 3.05) is 11.4 Å². The molecule has 4 nitrogen and oxygen atoms in total. The Morgan fingerprint density at radius 3 is 2.56 bits per heavy atom. The average molecular weight is 369 g/mol. The number of allylic oxidation sites excluding steroid dienone is 1. The van der Waals surface area contributed by atoms with E-state index in [-0.39, 0.29) is 17.9 Å². The summed E-state index contributed by atoms with van der Waals surface area (Å²) in [6, 6.07) is 11.4. The maximum absolute atomic E-state index is 13.9. The topological polar surface area (TPSA) is 44.7 Å². The molecular weight excluding hydrogens is 348 g/mol. The Bertz CT molecular complexity index is 857. The highest BCUT2D eigenvalue weighted by atomic mass is 19.1. The molecule has 6 heteroatoms. The first-order chi connectivity index (χ1) is 13.0. The van der Waals surface area contributed by atoms with Crippen LogP contribution in [0.4, 0.5) is 14.5 Å². The first-order valence-corrected chi connectivity index (χ1v) is 8.74. The Morgan fingerprint density at radius 1 is 1.26 bits per heavy atom. The molecule has 1 unspecified atom stereocenters. The number of benzene rings is 2. The second kappa shape index (κ2) is 8.12. The van der Waals surface area contributed by atoms with Crippen LogP contribution in [0, 0.1) is 17.6 Å². The van der Waals surface area contributed by atoms with Crippen molar-refractivity contribution in [1.29, 1.82) is 0 Å². The maximum atomic E-state index is 13.9. The number of anilines is 1. The first kappa shape index (κ1) is 18.8. The van der Waals surface area contributed by atoms with Crippen molar-refractivity contribution in [3.8, 4) is 0 Å². The van der Waals surface area contributed by atoms with Crippen LogP contribution in [0.3, 0.4) is 0 Å². The zero-order chi connectivity index (χ0) is 19.4. The van der Waals surface area contributed by atoms with E-state index in [4.69, 9.17) is 0 Å². The van der Waals surface area contributed by atoms with Crippen molar-refractivity contribution in [2.45, 2.75) is 19.8 Å². The van der Waals surface area contributed by atoms with Crippen LogP contribution >= 0.6 is 0 Å². The Hall–Kier alpha value is -3.02. The van der Waals surface area contributed by atoms with Crippen molar-refractivity contribution in [3.63, 3.8) is 0 Å². The highest BCUT2D eigenvalue weighted by Gasteiger charge is 2.33. The van der Waals surface area contributed by atoms with Crippen molar-refractivity contribution in [3.05, 3.63) is 71.4 Å². The molecule has 1 aliphatic rings. The number of halogens is 2. The minimum atomic E-state index is -0.601. The van der Waals surface area contributed by atoms with E-state index in [0.29, 0.717) is 13.0 Å². The second-order valence-electron chi connectivity index (χ2n) is 6.54. The van der Waals surface area contributed by atoms with E-state index in [0.717, 1.165) is 16.8 Å². The summed E-state index contributed by atoms with van der Waals surface area (Å²) in [5.74, 6) is -1.72. The van der Waals surface area contributed by atoms with E-state index in [1.165, 1.54) is 18.2 Å². The molecule has 0 aliphatic carbocycles. The van der Waals surface area contributed by atoms with E-state index in [2.05, 4.69) is 17.2 Å². The number of hydrogen-bond donors (Lipinski definition) is 1. The number of amides is 1. The van der Waals surface area contributed by atoms with E-state index in [9.17, 15) is 13.6 Å². The number of carbonyl (C=O) groups is 1. The third-order valence-electron chi connectivity index (χ3n) is 4.84. The largest absolute Gasteiger partial charge is 0.312 e. The quantitative estimate of drug-likeness (QED) is 0.615. The molecule has 2 aromatic carbocycles. The highest BCUT2D eigenvalue weighted by molar-refractivity contribution is 5.97. The highest BCUT2D eigenvalue weighted by Crippen LogP contribution is 2.29. The van der Waals surface area contributed by atoms with E-state index < -0.39 is 17.6 Å². The molecule has 1 saturated heterocycles. The van der Waals surface area contributed by atoms with Crippen LogP contribution in [0.5, 0.6) is 0 Å². The van der Waals surface area contributed by atoms with E-state index in [1.807, 2.05) is 31.2 Å². The van der Waals surface area contributed by atoms with Gasteiger partial charge in [0, 0.05) is 36.6 Å². The molecule has 140 valence electrons. The molecule has 1 amide bonds. The molecule has 27 heavy (non-hydrogen) atoms. The Morgan fingerprint density at radius 2 is 1.93 bits per heavy atom. The molecule has 1 heterocycles. The van der Waals surface area contributed by atoms with E-state index >= 15 is 0 Å². The lowest BCUT2D eigenvalue weighted by Gasteiger charge is -2.18. The van der Waals surface area contributed by atoms with Crippen molar-refractivity contribution in [1.82, 2.24) is 5.43 Å². The number of nitrogens with one attached hydrogen (secondary N) is 1. The summed E-state index contributed by atoms with van der Waals surface area (Å²) in [4.78, 5) is 14.4. The molecule has 3 rings (SSSR count). The number of nitrogens with zero attached hydrogens (tertiary/aromatic N) is 2. The fraction of sp³-hybridized carbons (Fsp3) is 0.238. The van der Waals surface area contributed by atoms with Crippen LogP contribution in [0.2, 0.25) is 0 Å². The lowest BCUT2D eigenvalue weighted by atomic mass is 9.97. The Labute approximate surface area is 157 Å². The number of hydrazone groups is 1. The first-order valence-electron chi connectivity index (χ1n) is 8.74. The summed E-state index contributed by atoms with van der Waals surface area (Å²) in [5, 5.41) is 3.56. The molecule has 0 spiro atoms. The van der Waals surface area contributed by atoms with Crippen LogP contribution in [-0.4, -0.2) is 19.2 Å². The van der Waals surface area contributed by atoms with Crippen LogP contribution in [0.15, 0.2) is 53.8 Å². The molecule has 1 fully saturated rings. The fourth-order valence-electron chi connectivity index (χ4n) is 3.29. The lowest BCUT2D eigenvalue weighted by Crippen LogP contribution is -2.27. The van der Waals surface area contributed by atoms with Gasteiger partial charge < -0.3 is 4.90 Å². The van der Waals surface area contributed by atoms with Gasteiger partial charge in [-0.15, -0.1) is 0 Å².